The number of halogens is 2. The summed E-state index contributed by atoms with van der Waals surface area (Å²) in [4.78, 5) is 0. The first kappa shape index (κ1) is 11.4. The lowest BCUT2D eigenvalue weighted by Crippen LogP contribution is -2.01. The molecule has 0 spiro atoms. The van der Waals surface area contributed by atoms with Gasteiger partial charge in [0.2, 0.25) is 0 Å². The summed E-state index contributed by atoms with van der Waals surface area (Å²) in [5, 5.41) is 9.19. The van der Waals surface area contributed by atoms with Crippen LogP contribution in [-0.2, 0) is 0 Å². The molecule has 0 aliphatic carbocycles. The van der Waals surface area contributed by atoms with E-state index < -0.39 is 0 Å². The second-order valence-electron chi connectivity index (χ2n) is 3.81. The van der Waals surface area contributed by atoms with Gasteiger partial charge in [0.1, 0.15) is 6.33 Å². The standard InChI is InChI=1S/C11H11Cl2N3/c1-7(2)16-6-14-15-11(16)8-3-9(12)5-10(13)4-8/h3-7H,1-2H3. The fourth-order valence-electron chi connectivity index (χ4n) is 1.51. The lowest BCUT2D eigenvalue weighted by Gasteiger charge is -2.10. The molecule has 3 nitrogen and oxygen atoms in total. The Morgan fingerprint density at radius 3 is 2.31 bits per heavy atom. The van der Waals surface area contributed by atoms with Crippen molar-refractivity contribution in [3.8, 4) is 11.4 Å². The highest BCUT2D eigenvalue weighted by molar-refractivity contribution is 6.35. The molecule has 0 saturated carbocycles. The van der Waals surface area contributed by atoms with Crippen LogP contribution >= 0.6 is 23.2 Å². The van der Waals surface area contributed by atoms with Gasteiger partial charge in [0.25, 0.3) is 0 Å². The molecule has 0 atom stereocenters. The predicted octanol–water partition coefficient (Wildman–Crippen LogP) is 3.83. The Labute approximate surface area is 104 Å². The lowest BCUT2D eigenvalue weighted by molar-refractivity contribution is 0.604. The molecule has 1 aromatic carbocycles. The molecule has 0 saturated heterocycles. The zero-order valence-corrected chi connectivity index (χ0v) is 10.5. The molecule has 0 aliphatic heterocycles. The van der Waals surface area contributed by atoms with Gasteiger partial charge < -0.3 is 4.57 Å². The van der Waals surface area contributed by atoms with Crippen LogP contribution in [0.1, 0.15) is 19.9 Å². The molecule has 2 rings (SSSR count). The number of aromatic nitrogens is 3. The zero-order chi connectivity index (χ0) is 11.7. The molecule has 0 unspecified atom stereocenters. The fourth-order valence-corrected chi connectivity index (χ4v) is 2.04. The zero-order valence-electron chi connectivity index (χ0n) is 8.98. The van der Waals surface area contributed by atoms with Crippen molar-refractivity contribution in [1.29, 1.82) is 0 Å². The monoisotopic (exact) mass is 255 g/mol. The highest BCUT2D eigenvalue weighted by Crippen LogP contribution is 2.27. The highest BCUT2D eigenvalue weighted by Gasteiger charge is 2.10. The smallest absolute Gasteiger partial charge is 0.164 e. The van der Waals surface area contributed by atoms with Crippen molar-refractivity contribution >= 4 is 23.2 Å². The maximum Gasteiger partial charge on any atom is 0.164 e. The summed E-state index contributed by atoms with van der Waals surface area (Å²) in [6.07, 6.45) is 1.70. The summed E-state index contributed by atoms with van der Waals surface area (Å²) in [5.74, 6) is 0.777. The minimum atomic E-state index is 0.294. The van der Waals surface area contributed by atoms with Crippen LogP contribution < -0.4 is 0 Å². The third-order valence-corrected chi connectivity index (χ3v) is 2.69. The molecule has 0 fully saturated rings. The van der Waals surface area contributed by atoms with Crippen LogP contribution in [-0.4, -0.2) is 14.8 Å². The summed E-state index contributed by atoms with van der Waals surface area (Å²) in [5.41, 5.74) is 0.878. The minimum absolute atomic E-state index is 0.294. The van der Waals surface area contributed by atoms with E-state index in [1.807, 2.05) is 16.7 Å². The van der Waals surface area contributed by atoms with E-state index in [1.54, 1.807) is 12.4 Å². The van der Waals surface area contributed by atoms with Crippen molar-refractivity contribution in [3.05, 3.63) is 34.6 Å². The van der Waals surface area contributed by atoms with Crippen LogP contribution in [0.2, 0.25) is 10.0 Å². The second kappa shape index (κ2) is 4.44. The molecule has 84 valence electrons. The van der Waals surface area contributed by atoms with Crippen molar-refractivity contribution in [2.24, 2.45) is 0 Å². The number of hydrogen-bond donors (Lipinski definition) is 0. The van der Waals surface area contributed by atoms with Gasteiger partial charge in [0.15, 0.2) is 5.82 Å². The lowest BCUT2D eigenvalue weighted by atomic mass is 10.2. The van der Waals surface area contributed by atoms with E-state index >= 15 is 0 Å². The average molecular weight is 256 g/mol. The Morgan fingerprint density at radius 1 is 1.12 bits per heavy atom. The van der Waals surface area contributed by atoms with Crippen LogP contribution in [0.25, 0.3) is 11.4 Å². The average Bonchev–Trinajstić information content (AvgIpc) is 2.63. The third-order valence-electron chi connectivity index (χ3n) is 2.25. The van der Waals surface area contributed by atoms with Gasteiger partial charge in [0.05, 0.1) is 0 Å². The van der Waals surface area contributed by atoms with Gasteiger partial charge in [-0.3, -0.25) is 0 Å². The Morgan fingerprint density at radius 2 is 1.75 bits per heavy atom. The normalized spacial score (nSPS) is 11.1. The van der Waals surface area contributed by atoms with Crippen molar-refractivity contribution in [2.75, 3.05) is 0 Å². The van der Waals surface area contributed by atoms with Crippen molar-refractivity contribution < 1.29 is 0 Å². The van der Waals surface area contributed by atoms with Crippen molar-refractivity contribution in [1.82, 2.24) is 14.8 Å². The fraction of sp³-hybridized carbons (Fsp3) is 0.273. The number of benzene rings is 1. The maximum absolute atomic E-state index is 5.96. The Balaban J connectivity index is 2.54. The largest absolute Gasteiger partial charge is 0.311 e. The first-order chi connectivity index (χ1) is 7.58. The van der Waals surface area contributed by atoms with Crippen LogP contribution in [0.4, 0.5) is 0 Å². The van der Waals surface area contributed by atoms with E-state index in [0.29, 0.717) is 16.1 Å². The summed E-state index contributed by atoms with van der Waals surface area (Å²) in [6, 6.07) is 5.65. The van der Waals surface area contributed by atoms with Crippen LogP contribution in [0.3, 0.4) is 0 Å². The van der Waals surface area contributed by atoms with Gasteiger partial charge in [-0.25, -0.2) is 0 Å². The van der Waals surface area contributed by atoms with Crippen molar-refractivity contribution in [3.63, 3.8) is 0 Å². The molecular weight excluding hydrogens is 245 g/mol. The van der Waals surface area contributed by atoms with E-state index in [4.69, 9.17) is 23.2 Å². The molecular formula is C11H11Cl2N3. The molecule has 2 aromatic rings. The molecule has 5 heteroatoms. The summed E-state index contributed by atoms with van der Waals surface area (Å²) in [6.45, 7) is 4.14. The summed E-state index contributed by atoms with van der Waals surface area (Å²) < 4.78 is 1.97. The molecule has 0 amide bonds. The molecule has 0 bridgehead atoms. The predicted molar refractivity (Wildman–Crippen MR) is 65.9 cm³/mol. The molecule has 0 radical (unpaired) electrons. The SMILES string of the molecule is CC(C)n1cnnc1-c1cc(Cl)cc(Cl)c1. The quantitative estimate of drug-likeness (QED) is 0.817. The van der Waals surface area contributed by atoms with Gasteiger partial charge in [0, 0.05) is 21.7 Å². The second-order valence-corrected chi connectivity index (χ2v) is 4.69. The maximum atomic E-state index is 5.96. The minimum Gasteiger partial charge on any atom is -0.311 e. The Kier molecular flexibility index (Phi) is 3.17. The Hall–Kier alpha value is -1.06. The van der Waals surface area contributed by atoms with Crippen molar-refractivity contribution in [2.45, 2.75) is 19.9 Å². The number of hydrogen-bond acceptors (Lipinski definition) is 2. The first-order valence-corrected chi connectivity index (χ1v) is 5.69. The van der Waals surface area contributed by atoms with Crippen LogP contribution in [0, 0.1) is 0 Å². The Bertz CT molecular complexity index is 485. The van der Waals surface area contributed by atoms with E-state index in [2.05, 4.69) is 24.0 Å². The molecule has 0 N–H and O–H groups in total. The van der Waals surface area contributed by atoms with E-state index in [-0.39, 0.29) is 0 Å². The number of rotatable bonds is 2. The molecule has 1 aromatic heterocycles. The van der Waals surface area contributed by atoms with Gasteiger partial charge >= 0.3 is 0 Å². The first-order valence-electron chi connectivity index (χ1n) is 4.94. The highest BCUT2D eigenvalue weighted by atomic mass is 35.5. The van der Waals surface area contributed by atoms with E-state index in [9.17, 15) is 0 Å². The molecule has 1 heterocycles. The van der Waals surface area contributed by atoms with Crippen LogP contribution in [0.5, 0.6) is 0 Å². The number of nitrogens with zero attached hydrogens (tertiary/aromatic N) is 3. The molecule has 0 aliphatic rings. The van der Waals surface area contributed by atoms with Gasteiger partial charge in [-0.15, -0.1) is 10.2 Å². The van der Waals surface area contributed by atoms with Gasteiger partial charge in [-0.1, -0.05) is 23.2 Å². The third kappa shape index (κ3) is 2.20. The van der Waals surface area contributed by atoms with Gasteiger partial charge in [-0.05, 0) is 32.0 Å². The molecule has 16 heavy (non-hydrogen) atoms. The summed E-state index contributed by atoms with van der Waals surface area (Å²) in [7, 11) is 0. The van der Waals surface area contributed by atoms with Crippen LogP contribution in [0.15, 0.2) is 24.5 Å². The van der Waals surface area contributed by atoms with Gasteiger partial charge in [-0.2, -0.15) is 0 Å². The topological polar surface area (TPSA) is 30.7 Å². The summed E-state index contributed by atoms with van der Waals surface area (Å²) >= 11 is 11.9. The van der Waals surface area contributed by atoms with E-state index in [1.165, 1.54) is 0 Å². The van der Waals surface area contributed by atoms with E-state index in [0.717, 1.165) is 11.4 Å².